The number of hydrogen-bond acceptors (Lipinski definition) is 17. The van der Waals surface area contributed by atoms with Crippen LogP contribution in [0.15, 0.2) is 90.1 Å². The van der Waals surface area contributed by atoms with Gasteiger partial charge in [0.2, 0.25) is 0 Å². The van der Waals surface area contributed by atoms with Crippen LogP contribution < -0.4 is 20.7 Å². The van der Waals surface area contributed by atoms with Crippen LogP contribution in [0.25, 0.3) is 0 Å². The van der Waals surface area contributed by atoms with Crippen molar-refractivity contribution in [2.24, 2.45) is 5.16 Å². The van der Waals surface area contributed by atoms with Crippen LogP contribution in [0.3, 0.4) is 0 Å². The molecule has 3 aromatic carbocycles. The van der Waals surface area contributed by atoms with Crippen molar-refractivity contribution in [3.05, 3.63) is 112 Å². The number of esters is 1. The van der Waals surface area contributed by atoms with E-state index in [9.17, 15) is 36.9 Å². The Morgan fingerprint density at radius 3 is 2.01 bits per heavy atom. The van der Waals surface area contributed by atoms with Crippen LogP contribution in [-0.4, -0.2) is 124 Å². The number of oxime groups is 1. The van der Waals surface area contributed by atoms with Gasteiger partial charge in [0.15, 0.2) is 16.9 Å². The molecule has 2 aliphatic heterocycles. The number of ether oxygens (including phenoxy) is 4. The number of carbonyl (C=O) groups is 5. The molecule has 1 aromatic heterocycles. The third-order valence-corrected chi connectivity index (χ3v) is 12.3. The van der Waals surface area contributed by atoms with Gasteiger partial charge in [0.1, 0.15) is 45.5 Å². The Bertz CT molecular complexity index is 2750. The highest BCUT2D eigenvalue weighted by Gasteiger charge is 2.58. The van der Waals surface area contributed by atoms with Gasteiger partial charge in [0.05, 0.1) is 5.54 Å². The molecular formula is C48H57ClN8O14S2. The summed E-state index contributed by atoms with van der Waals surface area (Å²) in [6.07, 6.45) is -2.81. The molecule has 25 heteroatoms. The number of β-lactam (4-membered cyclic amide) rings is 1. The van der Waals surface area contributed by atoms with E-state index in [0.717, 1.165) is 0 Å². The number of anilines is 1. The number of hydrogen-bond donors (Lipinski definition) is 5. The number of thiazole rings is 1. The topological polar surface area (TPSA) is 287 Å². The summed E-state index contributed by atoms with van der Waals surface area (Å²) < 4.78 is 59.5. The number of nitrogens with zero attached hydrogens (tertiary/aromatic N) is 4. The van der Waals surface area contributed by atoms with Gasteiger partial charge in [-0.25, -0.2) is 19.4 Å². The Hall–Kier alpha value is -6.86. The van der Waals surface area contributed by atoms with E-state index in [2.05, 4.69) is 30.4 Å². The van der Waals surface area contributed by atoms with E-state index >= 15 is 0 Å². The first-order chi connectivity index (χ1) is 34.2. The lowest BCUT2D eigenvalue weighted by Crippen LogP contribution is -2.76. The lowest BCUT2D eigenvalue weighted by atomic mass is 9.84. The molecular weight excluding hydrogens is 1010 g/mol. The van der Waals surface area contributed by atoms with E-state index in [0.29, 0.717) is 59.0 Å². The minimum atomic E-state index is -5.14. The number of amidine groups is 1. The molecule has 73 heavy (non-hydrogen) atoms. The normalized spacial score (nSPS) is 16.7. The first-order valence-corrected chi connectivity index (χ1v) is 25.3. The van der Waals surface area contributed by atoms with Crippen LogP contribution >= 0.6 is 22.9 Å². The first kappa shape index (κ1) is 55.5. The predicted octanol–water partition coefficient (Wildman–Crippen LogP) is 6.80. The zero-order valence-electron chi connectivity index (χ0n) is 41.2. The van der Waals surface area contributed by atoms with E-state index in [1.165, 1.54) is 13.8 Å². The van der Waals surface area contributed by atoms with E-state index < -0.39 is 81.6 Å². The van der Waals surface area contributed by atoms with Gasteiger partial charge < -0.3 is 39.3 Å². The molecule has 22 nitrogen and oxygen atoms in total. The van der Waals surface area contributed by atoms with Gasteiger partial charge in [-0.1, -0.05) is 88.8 Å². The van der Waals surface area contributed by atoms with E-state index in [4.69, 9.17) is 40.8 Å². The molecule has 2 fully saturated rings. The van der Waals surface area contributed by atoms with Crippen molar-refractivity contribution in [1.29, 1.82) is 5.41 Å². The van der Waals surface area contributed by atoms with Crippen molar-refractivity contribution in [3.8, 4) is 5.75 Å². The third kappa shape index (κ3) is 15.3. The van der Waals surface area contributed by atoms with E-state index in [-0.39, 0.29) is 38.9 Å². The largest absolute Gasteiger partial charge is 0.489 e. The van der Waals surface area contributed by atoms with E-state index in [1.54, 1.807) is 111 Å². The lowest BCUT2D eigenvalue weighted by Gasteiger charge is -2.50. The van der Waals surface area contributed by atoms with Crippen molar-refractivity contribution in [2.45, 2.75) is 109 Å². The first-order valence-electron chi connectivity index (χ1n) is 22.8. The monoisotopic (exact) mass is 1070 g/mol. The molecule has 3 heterocycles. The summed E-state index contributed by atoms with van der Waals surface area (Å²) in [4.78, 5) is 78.8. The fourth-order valence-corrected chi connectivity index (χ4v) is 8.73. The van der Waals surface area contributed by atoms with Crippen LogP contribution in [0.5, 0.6) is 5.75 Å². The Labute approximate surface area is 431 Å². The van der Waals surface area contributed by atoms with Gasteiger partial charge in [0, 0.05) is 24.7 Å². The Morgan fingerprint density at radius 2 is 1.48 bits per heavy atom. The number of carbonyl (C=O) groups excluding carboxylic acids is 5. The summed E-state index contributed by atoms with van der Waals surface area (Å²) in [5.74, 6) is -2.89. The Balaban J connectivity index is 1.27. The van der Waals surface area contributed by atoms with Gasteiger partial charge in [-0.2, -0.15) is 13.5 Å². The zero-order valence-corrected chi connectivity index (χ0v) is 43.6. The number of piperidine rings is 1. The quantitative estimate of drug-likeness (QED) is 0.0138. The van der Waals surface area contributed by atoms with Crippen molar-refractivity contribution >= 4 is 80.0 Å². The average molecular weight is 1070 g/mol. The predicted molar refractivity (Wildman–Crippen MR) is 267 cm³/mol. The number of nitrogens with one attached hydrogen (secondary N) is 4. The van der Waals surface area contributed by atoms with Gasteiger partial charge in [-0.15, -0.1) is 4.28 Å². The van der Waals surface area contributed by atoms with Gasteiger partial charge >= 0.3 is 28.6 Å². The SMILES string of the molecule is CC(C)(C)OC(=O)Nc1nc(/C(=N/O[C@@H](COc2ccc(C(=N)NC3CCN(C(=O)OC(C)(C)C)CC3)cc2)C(=O)OC(c2ccccc2)c2ccccc2)C(=O)N[C@@H]2C(=O)N(OS(=O)(=O)O)C2(C)C)c(Cl)s1. The van der Waals surface area contributed by atoms with Crippen LogP contribution in [0, 0.1) is 5.41 Å². The van der Waals surface area contributed by atoms with Gasteiger partial charge in [0.25, 0.3) is 17.9 Å². The zero-order chi connectivity index (χ0) is 53.5. The van der Waals surface area contributed by atoms with Crippen molar-refractivity contribution in [2.75, 3.05) is 25.0 Å². The number of amides is 4. The summed E-state index contributed by atoms with van der Waals surface area (Å²) in [5.41, 5.74) is -2.47. The maximum absolute atomic E-state index is 14.4. The molecule has 2 saturated heterocycles. The molecule has 0 bridgehead atoms. The molecule has 4 amide bonds. The molecule has 0 spiro atoms. The number of halogens is 1. The Morgan fingerprint density at radius 1 is 0.904 bits per heavy atom. The molecule has 0 unspecified atom stereocenters. The number of benzene rings is 3. The Kier molecular flexibility index (Phi) is 17.4. The number of hydroxylamine groups is 2. The highest BCUT2D eigenvalue weighted by atomic mass is 35.5. The molecule has 0 radical (unpaired) electrons. The maximum atomic E-state index is 14.4. The highest BCUT2D eigenvalue weighted by Crippen LogP contribution is 2.34. The standard InChI is InChI=1S/C48H57ClN8O14S2/c1-46(2,3)68-44(61)54-43-52-34(38(49)72-43)35(40(58)53-37-41(59)57(48(37,7)8)71-73(63,64)65)55-70-33(42(60)67-36(28-15-11-9-12-16-28)29-17-13-10-14-18-29)27-66-32-21-19-30(20-22-32)39(50)51-31-23-25-56(26-24-31)45(62)69-47(4,5)6/h9-22,31,33,36-37H,23-27H2,1-8H3,(H2,50,51)(H,53,58)(H,52,54,61)(H,63,64,65)/b55-35-/t33-,37+/m0/s1. The van der Waals surface area contributed by atoms with Crippen LogP contribution in [-0.2, 0) is 48.1 Å². The molecule has 0 saturated carbocycles. The maximum Gasteiger partial charge on any atom is 0.418 e. The van der Waals surface area contributed by atoms with Crippen LogP contribution in [0.2, 0.25) is 4.34 Å². The van der Waals surface area contributed by atoms with Crippen molar-refractivity contribution in [1.82, 2.24) is 25.6 Å². The van der Waals surface area contributed by atoms with Gasteiger partial charge in [-0.05, 0) is 104 Å². The number of likely N-dealkylation sites (tertiary alicyclic amines) is 1. The van der Waals surface area contributed by atoms with Gasteiger partial charge in [-0.3, -0.25) is 24.9 Å². The summed E-state index contributed by atoms with van der Waals surface area (Å²) >= 11 is 7.33. The molecule has 4 aromatic rings. The summed E-state index contributed by atoms with van der Waals surface area (Å²) in [5, 5.41) is 21.1. The molecule has 6 rings (SSSR count). The highest BCUT2D eigenvalue weighted by molar-refractivity contribution is 7.80. The minimum absolute atomic E-state index is 0.0735. The fourth-order valence-electron chi connectivity index (χ4n) is 7.25. The summed E-state index contributed by atoms with van der Waals surface area (Å²) in [6, 6.07) is 22.6. The lowest BCUT2D eigenvalue weighted by molar-refractivity contribution is -0.218. The number of aromatic nitrogens is 1. The third-order valence-electron chi connectivity index (χ3n) is 10.8. The van der Waals surface area contributed by atoms with E-state index in [1.807, 2.05) is 20.8 Å². The fraction of sp³-hybridized carbons (Fsp3) is 0.417. The molecule has 2 atom stereocenters. The molecule has 392 valence electrons. The van der Waals surface area contributed by atoms with Crippen molar-refractivity contribution < 1.29 is 65.0 Å². The molecule has 2 aliphatic rings. The average Bonchev–Trinajstić information content (AvgIpc) is 3.67. The molecule has 0 aliphatic carbocycles. The smallest absolute Gasteiger partial charge is 0.418 e. The second-order valence-electron chi connectivity index (χ2n) is 19.2. The summed E-state index contributed by atoms with van der Waals surface area (Å²) in [7, 11) is -5.14. The number of rotatable bonds is 17. The summed E-state index contributed by atoms with van der Waals surface area (Å²) in [6.45, 7) is 13.3. The van der Waals surface area contributed by atoms with Crippen LogP contribution in [0.1, 0.15) is 96.7 Å². The van der Waals surface area contributed by atoms with Crippen LogP contribution in [0.4, 0.5) is 14.7 Å². The molecule has 5 N–H and O–H groups in total. The second kappa shape index (κ2) is 22.9. The minimum Gasteiger partial charge on any atom is -0.489 e. The van der Waals surface area contributed by atoms with Crippen molar-refractivity contribution in [3.63, 3.8) is 0 Å². The second-order valence-corrected chi connectivity index (χ2v) is 21.8.